The Morgan fingerprint density at radius 1 is 1.26 bits per heavy atom. The highest BCUT2D eigenvalue weighted by Gasteiger charge is 2.24. The number of aliphatic hydroxyl groups is 1. The molecule has 2 rings (SSSR count). The van der Waals surface area contributed by atoms with Gasteiger partial charge >= 0.3 is 6.03 Å². The predicted octanol–water partition coefficient (Wildman–Crippen LogP) is 2.14. The topological polar surface area (TPSA) is 64.6 Å². The minimum atomic E-state index is -0.162. The van der Waals surface area contributed by atoms with Gasteiger partial charge in [-0.05, 0) is 43.8 Å². The minimum absolute atomic E-state index is 0.0961. The van der Waals surface area contributed by atoms with Crippen LogP contribution in [0.3, 0.4) is 0 Å². The molecule has 128 valence electrons. The van der Waals surface area contributed by atoms with Gasteiger partial charge < -0.3 is 15.7 Å². The average molecular weight is 319 g/mol. The Morgan fingerprint density at radius 2 is 1.96 bits per heavy atom. The number of amides is 2. The first-order valence-corrected chi connectivity index (χ1v) is 8.62. The quantitative estimate of drug-likeness (QED) is 0.675. The van der Waals surface area contributed by atoms with Gasteiger partial charge in [0.05, 0.1) is 6.04 Å². The number of nitrogens with one attached hydrogen (secondary N) is 2. The van der Waals surface area contributed by atoms with Crippen LogP contribution in [0.2, 0.25) is 0 Å². The van der Waals surface area contributed by atoms with E-state index in [1.807, 2.05) is 6.07 Å². The van der Waals surface area contributed by atoms with Crippen LogP contribution >= 0.6 is 0 Å². The minimum Gasteiger partial charge on any atom is -0.396 e. The molecule has 1 aliphatic heterocycles. The maximum absolute atomic E-state index is 11.9. The Bertz CT molecular complexity index is 459. The summed E-state index contributed by atoms with van der Waals surface area (Å²) in [5.41, 5.74) is 1.25. The van der Waals surface area contributed by atoms with Gasteiger partial charge in [-0.25, -0.2) is 4.79 Å². The lowest BCUT2D eigenvalue weighted by Gasteiger charge is -2.37. The molecule has 1 unspecified atom stereocenters. The number of urea groups is 1. The molecule has 0 radical (unpaired) electrons. The lowest BCUT2D eigenvalue weighted by molar-refractivity contribution is 0.136. The fourth-order valence-electron chi connectivity index (χ4n) is 3.01. The first-order chi connectivity index (χ1) is 11.2. The molecule has 1 aromatic carbocycles. The maximum atomic E-state index is 11.9. The Balaban J connectivity index is 1.93. The summed E-state index contributed by atoms with van der Waals surface area (Å²) in [7, 11) is 0. The number of carbonyl (C=O) groups is 1. The van der Waals surface area contributed by atoms with Gasteiger partial charge in [0.15, 0.2) is 0 Å². The molecule has 2 amide bonds. The molecule has 1 saturated heterocycles. The van der Waals surface area contributed by atoms with Crippen LogP contribution in [0.25, 0.3) is 0 Å². The second kappa shape index (κ2) is 9.53. The smallest absolute Gasteiger partial charge is 0.314 e. The molecule has 1 heterocycles. The van der Waals surface area contributed by atoms with Crippen LogP contribution in [0, 0.1) is 5.92 Å². The number of aliphatic hydroxyl groups excluding tert-OH is 1. The summed E-state index contributed by atoms with van der Waals surface area (Å²) in [5, 5.41) is 14.5. The van der Waals surface area contributed by atoms with Gasteiger partial charge in [-0.2, -0.15) is 0 Å². The first kappa shape index (κ1) is 17.8. The highest BCUT2D eigenvalue weighted by molar-refractivity contribution is 5.73. The van der Waals surface area contributed by atoms with Gasteiger partial charge in [0.2, 0.25) is 0 Å². The Hall–Kier alpha value is -1.59. The van der Waals surface area contributed by atoms with E-state index >= 15 is 0 Å². The zero-order valence-electron chi connectivity index (χ0n) is 14.0. The fraction of sp³-hybridized carbons (Fsp3) is 0.611. The van der Waals surface area contributed by atoms with E-state index in [1.54, 1.807) is 0 Å². The fourth-order valence-corrected chi connectivity index (χ4v) is 3.01. The Morgan fingerprint density at radius 3 is 2.61 bits per heavy atom. The lowest BCUT2D eigenvalue weighted by atomic mass is 9.96. The Kier molecular flexibility index (Phi) is 7.36. The van der Waals surface area contributed by atoms with E-state index in [1.165, 1.54) is 18.4 Å². The molecule has 1 aromatic rings. The molecule has 1 aliphatic rings. The summed E-state index contributed by atoms with van der Waals surface area (Å²) >= 11 is 0. The molecule has 0 spiro atoms. The number of piperidine rings is 1. The number of rotatable bonds is 7. The summed E-state index contributed by atoms with van der Waals surface area (Å²) in [5.74, 6) is 0.789. The van der Waals surface area contributed by atoms with Crippen molar-refractivity contribution in [3.8, 4) is 0 Å². The summed E-state index contributed by atoms with van der Waals surface area (Å²) < 4.78 is 0. The molecule has 1 atom stereocenters. The number of nitrogens with zero attached hydrogens (tertiary/aromatic N) is 1. The third-order valence-corrected chi connectivity index (χ3v) is 4.52. The second-order valence-corrected chi connectivity index (χ2v) is 6.36. The van der Waals surface area contributed by atoms with Crippen molar-refractivity contribution < 1.29 is 9.90 Å². The summed E-state index contributed by atoms with van der Waals surface area (Å²) in [4.78, 5) is 14.3. The van der Waals surface area contributed by atoms with Crippen LogP contribution < -0.4 is 10.6 Å². The van der Waals surface area contributed by atoms with Crippen molar-refractivity contribution in [3.05, 3.63) is 35.9 Å². The second-order valence-electron chi connectivity index (χ2n) is 6.36. The van der Waals surface area contributed by atoms with Gasteiger partial charge in [-0.3, -0.25) is 4.90 Å². The van der Waals surface area contributed by atoms with E-state index in [4.69, 9.17) is 5.11 Å². The molecule has 5 nitrogen and oxygen atoms in total. The molecule has 0 saturated carbocycles. The van der Waals surface area contributed by atoms with Crippen molar-refractivity contribution in [1.82, 2.24) is 15.5 Å². The molecule has 0 bridgehead atoms. The predicted molar refractivity (Wildman–Crippen MR) is 92.3 cm³/mol. The number of likely N-dealkylation sites (tertiary alicyclic amines) is 1. The molecule has 5 heteroatoms. The maximum Gasteiger partial charge on any atom is 0.314 e. The van der Waals surface area contributed by atoms with E-state index in [0.29, 0.717) is 19.5 Å². The molecule has 0 aromatic heterocycles. The molecular weight excluding hydrogens is 290 g/mol. The van der Waals surface area contributed by atoms with Crippen LogP contribution in [0.4, 0.5) is 4.79 Å². The SMILES string of the molecule is CC1CCN(C(CNC(=O)NCCCO)c2ccccc2)CC1. The lowest BCUT2D eigenvalue weighted by Crippen LogP contribution is -2.44. The monoisotopic (exact) mass is 319 g/mol. The van der Waals surface area contributed by atoms with E-state index < -0.39 is 0 Å². The van der Waals surface area contributed by atoms with Crippen molar-refractivity contribution in [2.24, 2.45) is 5.92 Å². The van der Waals surface area contributed by atoms with E-state index in [2.05, 4.69) is 46.7 Å². The van der Waals surface area contributed by atoms with Crippen molar-refractivity contribution in [2.45, 2.75) is 32.2 Å². The summed E-state index contributed by atoms with van der Waals surface area (Å²) in [6, 6.07) is 10.4. The first-order valence-electron chi connectivity index (χ1n) is 8.62. The van der Waals surface area contributed by atoms with Crippen molar-refractivity contribution in [1.29, 1.82) is 0 Å². The summed E-state index contributed by atoms with van der Waals surface area (Å²) in [6.07, 6.45) is 3.01. The normalized spacial score (nSPS) is 17.7. The number of hydrogen-bond acceptors (Lipinski definition) is 3. The molecule has 1 fully saturated rings. The molecule has 0 aliphatic carbocycles. The van der Waals surface area contributed by atoms with Crippen molar-refractivity contribution in [2.75, 3.05) is 32.8 Å². The Labute approximate surface area is 139 Å². The third-order valence-electron chi connectivity index (χ3n) is 4.52. The number of benzene rings is 1. The molecular formula is C18H29N3O2. The van der Waals surface area contributed by atoms with Crippen molar-refractivity contribution in [3.63, 3.8) is 0 Å². The highest BCUT2D eigenvalue weighted by Crippen LogP contribution is 2.26. The summed E-state index contributed by atoms with van der Waals surface area (Å²) in [6.45, 7) is 5.66. The number of carbonyl (C=O) groups excluding carboxylic acids is 1. The van der Waals surface area contributed by atoms with Gasteiger partial charge in [0.25, 0.3) is 0 Å². The zero-order valence-corrected chi connectivity index (χ0v) is 14.0. The standard InChI is InChI=1S/C18H29N3O2/c1-15-8-11-21(12-9-15)17(16-6-3-2-4-7-16)14-20-18(23)19-10-5-13-22/h2-4,6-7,15,17,22H,5,8-14H2,1H3,(H2,19,20,23). The largest absolute Gasteiger partial charge is 0.396 e. The molecule has 23 heavy (non-hydrogen) atoms. The van der Waals surface area contributed by atoms with Gasteiger partial charge in [-0.15, -0.1) is 0 Å². The van der Waals surface area contributed by atoms with Crippen LogP contribution in [0.1, 0.15) is 37.8 Å². The van der Waals surface area contributed by atoms with Gasteiger partial charge in [0, 0.05) is 19.7 Å². The molecule has 3 N–H and O–H groups in total. The highest BCUT2D eigenvalue weighted by atomic mass is 16.3. The van der Waals surface area contributed by atoms with Gasteiger partial charge in [-0.1, -0.05) is 37.3 Å². The van der Waals surface area contributed by atoms with E-state index in [0.717, 1.165) is 19.0 Å². The van der Waals surface area contributed by atoms with Crippen molar-refractivity contribution >= 4 is 6.03 Å². The average Bonchev–Trinajstić information content (AvgIpc) is 2.58. The van der Waals surface area contributed by atoms with E-state index in [9.17, 15) is 4.79 Å². The van der Waals surface area contributed by atoms with Crippen LogP contribution in [0.15, 0.2) is 30.3 Å². The third kappa shape index (κ3) is 5.84. The van der Waals surface area contributed by atoms with Crippen LogP contribution in [-0.2, 0) is 0 Å². The van der Waals surface area contributed by atoms with Crippen LogP contribution in [0.5, 0.6) is 0 Å². The van der Waals surface area contributed by atoms with Crippen LogP contribution in [-0.4, -0.2) is 48.8 Å². The number of hydrogen-bond donors (Lipinski definition) is 3. The van der Waals surface area contributed by atoms with Gasteiger partial charge in [0.1, 0.15) is 0 Å². The zero-order chi connectivity index (χ0) is 16.5. The van der Waals surface area contributed by atoms with E-state index in [-0.39, 0.29) is 18.7 Å².